The molecule has 3 nitrogen and oxygen atoms in total. The Morgan fingerprint density at radius 1 is 0.318 bits per heavy atom. The molecule has 4 aromatic heterocycles. The maximum atomic E-state index is 5.28. The standard InChI is InChI=1S/C61H37N3S2/c1-3-14-40(15-4-1)63-32-33-64(41-16-5-2-6-17-41)56-37-54-53(36-55(56)63)45-30-28-39(43-21-12-23-50-47-19-8-10-26-58(47)66-61(43)50)35-52(45)51-34-38(27-29-44(51)48-24-13-31-62-59(48)54)42-20-11-22-49-46-18-7-9-25-57(46)65-60(42)49/h1-37H. The molecule has 0 saturated carbocycles. The van der Waals surface area contributed by atoms with Crippen molar-refractivity contribution < 1.29 is 0 Å². The Labute approximate surface area is 387 Å². The highest BCUT2D eigenvalue weighted by atomic mass is 32.1. The molecule has 308 valence electrons. The van der Waals surface area contributed by atoms with Crippen molar-refractivity contribution in [2.24, 2.45) is 0 Å². The Balaban J connectivity index is 1.16. The van der Waals surface area contributed by atoms with E-state index in [1.807, 2.05) is 28.9 Å². The van der Waals surface area contributed by atoms with Gasteiger partial charge in [-0.05, 0) is 116 Å². The summed E-state index contributed by atoms with van der Waals surface area (Å²) in [7, 11) is 0. The molecule has 0 amide bonds. The zero-order chi connectivity index (χ0) is 43.3. The van der Waals surface area contributed by atoms with Gasteiger partial charge in [-0.2, -0.15) is 0 Å². The van der Waals surface area contributed by atoms with E-state index in [1.165, 1.54) is 78.8 Å². The van der Waals surface area contributed by atoms with Crippen LogP contribution in [-0.4, -0.2) is 14.1 Å². The summed E-state index contributed by atoms with van der Waals surface area (Å²) in [4.78, 5) is 5.28. The first-order valence-corrected chi connectivity index (χ1v) is 24.0. The van der Waals surface area contributed by atoms with Gasteiger partial charge in [-0.15, -0.1) is 22.7 Å². The molecule has 0 atom stereocenters. The smallest absolute Gasteiger partial charge is 0.0787 e. The van der Waals surface area contributed by atoms with E-state index in [9.17, 15) is 0 Å². The molecule has 14 aromatic rings. The molecule has 0 unspecified atom stereocenters. The molecule has 0 saturated heterocycles. The summed E-state index contributed by atoms with van der Waals surface area (Å²) in [5.74, 6) is 0. The van der Waals surface area contributed by atoms with E-state index in [-0.39, 0.29) is 0 Å². The van der Waals surface area contributed by atoms with Crippen molar-refractivity contribution in [2.75, 3.05) is 0 Å². The fraction of sp³-hybridized carbons (Fsp3) is 0. The van der Waals surface area contributed by atoms with Crippen LogP contribution in [0.4, 0.5) is 0 Å². The highest BCUT2D eigenvalue weighted by Crippen LogP contribution is 2.45. The average molecular weight is 876 g/mol. The Hall–Kier alpha value is -8.09. The van der Waals surface area contributed by atoms with Crippen LogP contribution >= 0.6 is 22.7 Å². The number of aromatic nitrogens is 3. The van der Waals surface area contributed by atoms with Gasteiger partial charge < -0.3 is 9.13 Å². The van der Waals surface area contributed by atoms with E-state index in [2.05, 4.69) is 228 Å². The number of benzene rings is 9. The molecule has 0 spiro atoms. The van der Waals surface area contributed by atoms with Gasteiger partial charge in [-0.25, -0.2) is 0 Å². The Kier molecular flexibility index (Phi) is 8.32. The monoisotopic (exact) mass is 875 g/mol. The number of hydrogen-bond donors (Lipinski definition) is 0. The summed E-state index contributed by atoms with van der Waals surface area (Å²) in [6.07, 6.45) is 6.32. The fourth-order valence-corrected chi connectivity index (χ4v) is 12.9. The van der Waals surface area contributed by atoms with Crippen molar-refractivity contribution in [1.82, 2.24) is 14.1 Å². The molecule has 5 heteroatoms. The third kappa shape index (κ3) is 5.70. The van der Waals surface area contributed by atoms with Crippen molar-refractivity contribution in [3.8, 4) is 33.6 Å². The van der Waals surface area contributed by atoms with Crippen LogP contribution in [0.3, 0.4) is 0 Å². The summed E-state index contributed by atoms with van der Waals surface area (Å²) < 4.78 is 9.86. The van der Waals surface area contributed by atoms with Gasteiger partial charge in [-0.3, -0.25) is 4.98 Å². The molecule has 0 aliphatic carbocycles. The number of rotatable bonds is 4. The quantitative estimate of drug-likeness (QED) is 0.173. The topological polar surface area (TPSA) is 22.8 Å². The molecular formula is C61H37N3S2. The van der Waals surface area contributed by atoms with Gasteiger partial charge in [0.2, 0.25) is 0 Å². The summed E-state index contributed by atoms with van der Waals surface area (Å²) in [6.45, 7) is 0. The van der Waals surface area contributed by atoms with Crippen LogP contribution in [0.2, 0.25) is 0 Å². The zero-order valence-electron chi connectivity index (χ0n) is 35.5. The summed E-state index contributed by atoms with van der Waals surface area (Å²) in [5, 5.41) is 13.3. The number of hydrogen-bond acceptors (Lipinski definition) is 3. The average Bonchev–Trinajstić information content (AvgIpc) is 3.97. The van der Waals surface area contributed by atoms with Gasteiger partial charge >= 0.3 is 0 Å². The highest BCUT2D eigenvalue weighted by molar-refractivity contribution is 7.26. The van der Waals surface area contributed by atoms with Crippen LogP contribution in [0, 0.1) is 0 Å². The summed E-state index contributed by atoms with van der Waals surface area (Å²) in [6, 6.07) is 75.9. The fourth-order valence-electron chi connectivity index (χ4n) is 10.4. The summed E-state index contributed by atoms with van der Waals surface area (Å²) >= 11 is 3.77. The maximum absolute atomic E-state index is 5.28. The number of fused-ring (bicyclic) bond motifs is 15. The second-order valence-corrected chi connectivity index (χ2v) is 19.2. The van der Waals surface area contributed by atoms with Gasteiger partial charge in [0, 0.05) is 81.1 Å². The molecule has 66 heavy (non-hydrogen) atoms. The first-order chi connectivity index (χ1) is 32.7. The maximum Gasteiger partial charge on any atom is 0.0787 e. The minimum absolute atomic E-state index is 0.967. The van der Waals surface area contributed by atoms with E-state index in [0.29, 0.717) is 0 Å². The SMILES string of the molecule is c1ccc(-n2ccn(-c3ccccc3)c3cc4c(cc32)c2ccc(-c3cccc5c3sc3ccccc35)cc2c2cc(-c3cccc5c3sc3ccccc35)ccc2c2cccnc24)cc1. The van der Waals surface area contributed by atoms with Crippen molar-refractivity contribution in [1.29, 1.82) is 0 Å². The van der Waals surface area contributed by atoms with Gasteiger partial charge in [-0.1, -0.05) is 140 Å². The number of nitrogens with zero attached hydrogens (tertiary/aromatic N) is 3. The number of thiophene rings is 2. The number of pyridine rings is 1. The molecule has 0 fully saturated rings. The van der Waals surface area contributed by atoms with E-state index in [0.717, 1.165) is 49.5 Å². The molecule has 0 aliphatic rings. The number of para-hydroxylation sites is 2. The molecule has 14 rings (SSSR count). The zero-order valence-corrected chi connectivity index (χ0v) is 37.2. The molecule has 4 heterocycles. The minimum atomic E-state index is 0.967. The lowest BCUT2D eigenvalue weighted by atomic mass is 9.91. The van der Waals surface area contributed by atoms with E-state index in [1.54, 1.807) is 0 Å². The normalized spacial score (nSPS) is 11.9. The highest BCUT2D eigenvalue weighted by Gasteiger charge is 2.18. The molecule has 10 aromatic carbocycles. The first kappa shape index (κ1) is 37.3. The van der Waals surface area contributed by atoms with Crippen LogP contribution in [0.15, 0.2) is 225 Å². The van der Waals surface area contributed by atoms with Crippen molar-refractivity contribution in [2.45, 2.75) is 0 Å². The first-order valence-electron chi connectivity index (χ1n) is 22.3. The van der Waals surface area contributed by atoms with Crippen molar-refractivity contribution in [3.05, 3.63) is 225 Å². The van der Waals surface area contributed by atoms with Gasteiger partial charge in [0.25, 0.3) is 0 Å². The second kappa shape index (κ2) is 14.7. The lowest BCUT2D eigenvalue weighted by Crippen LogP contribution is -2.05. The lowest BCUT2D eigenvalue weighted by molar-refractivity contribution is 1.01. The minimum Gasteiger partial charge on any atom is -0.314 e. The molecule has 0 bridgehead atoms. The molecular weight excluding hydrogens is 839 g/mol. The van der Waals surface area contributed by atoms with E-state index >= 15 is 0 Å². The third-order valence-electron chi connectivity index (χ3n) is 13.5. The van der Waals surface area contributed by atoms with E-state index in [4.69, 9.17) is 4.98 Å². The lowest BCUT2D eigenvalue weighted by Gasteiger charge is -2.19. The van der Waals surface area contributed by atoms with Crippen molar-refractivity contribution in [3.63, 3.8) is 0 Å². The predicted molar refractivity (Wildman–Crippen MR) is 285 cm³/mol. The second-order valence-electron chi connectivity index (χ2n) is 17.1. The largest absolute Gasteiger partial charge is 0.314 e. The molecule has 0 aliphatic heterocycles. The Bertz CT molecular complexity index is 4340. The van der Waals surface area contributed by atoms with Gasteiger partial charge in [0.1, 0.15) is 0 Å². The van der Waals surface area contributed by atoms with Gasteiger partial charge in [0.05, 0.1) is 16.6 Å². The predicted octanol–water partition coefficient (Wildman–Crippen LogP) is 17.6. The van der Waals surface area contributed by atoms with Crippen LogP contribution in [0.5, 0.6) is 0 Å². The van der Waals surface area contributed by atoms with Crippen LogP contribution in [0.1, 0.15) is 0 Å². The Morgan fingerprint density at radius 3 is 1.33 bits per heavy atom. The van der Waals surface area contributed by atoms with Gasteiger partial charge in [0.15, 0.2) is 0 Å². The third-order valence-corrected chi connectivity index (χ3v) is 15.9. The van der Waals surface area contributed by atoms with Crippen LogP contribution < -0.4 is 0 Å². The summed E-state index contributed by atoms with van der Waals surface area (Å²) in [5.41, 5.74) is 10.2. The van der Waals surface area contributed by atoms with Crippen LogP contribution in [-0.2, 0) is 0 Å². The van der Waals surface area contributed by atoms with Crippen LogP contribution in [0.25, 0.3) is 128 Å². The molecule has 0 N–H and O–H groups in total. The van der Waals surface area contributed by atoms with Crippen molar-refractivity contribution >= 4 is 117 Å². The Morgan fingerprint density at radius 2 is 0.773 bits per heavy atom. The van der Waals surface area contributed by atoms with E-state index < -0.39 is 0 Å². The molecule has 0 radical (unpaired) electrons.